The molecule has 0 saturated carbocycles. The molecule has 0 aliphatic rings. The van der Waals surface area contributed by atoms with Crippen LogP contribution in [0.2, 0.25) is 10.0 Å². The van der Waals surface area contributed by atoms with Gasteiger partial charge in [-0.1, -0.05) is 46.6 Å². The molecule has 13 heteroatoms. The number of anilines is 1. The molecule has 0 spiro atoms. The fraction of sp³-hybridized carbons (Fsp3) is 0.0526. The summed E-state index contributed by atoms with van der Waals surface area (Å²) in [5, 5.41) is 20.0. The number of nitrogens with one attached hydrogen (secondary N) is 1. The Bertz CT molecular complexity index is 1320. The number of nitrogens with two attached hydrogens (primary N) is 1. The lowest BCUT2D eigenvalue weighted by atomic mass is 10.1. The second kappa shape index (κ2) is 9.04. The molecule has 0 aliphatic carbocycles. The van der Waals surface area contributed by atoms with Crippen LogP contribution in [0.25, 0.3) is 17.1 Å². The molecular weight excluding hydrogens is 459 g/mol. The zero-order valence-electron chi connectivity index (χ0n) is 16.4. The molecule has 32 heavy (non-hydrogen) atoms. The van der Waals surface area contributed by atoms with Gasteiger partial charge >= 0.3 is 0 Å². The Kier molecular flexibility index (Phi) is 6.01. The summed E-state index contributed by atoms with van der Waals surface area (Å²) < 4.78 is 11.2. The molecule has 0 aliphatic heterocycles. The van der Waals surface area contributed by atoms with Gasteiger partial charge in [-0.25, -0.2) is 10.1 Å². The number of hydrazone groups is 1. The van der Waals surface area contributed by atoms with E-state index in [1.807, 2.05) is 0 Å². The number of methoxy groups -OCH3 is 1. The number of benzene rings is 2. The molecule has 162 valence electrons. The van der Waals surface area contributed by atoms with Crippen molar-refractivity contribution in [2.75, 3.05) is 12.8 Å². The number of nitrogen functional groups attached to an aromatic ring is 1. The average Bonchev–Trinajstić information content (AvgIpc) is 3.42. The van der Waals surface area contributed by atoms with Crippen LogP contribution in [0.3, 0.4) is 0 Å². The summed E-state index contributed by atoms with van der Waals surface area (Å²) in [5.74, 6) is -0.0109. The molecule has 1 amide bonds. The van der Waals surface area contributed by atoms with E-state index >= 15 is 0 Å². The number of hydrogen-bond donors (Lipinski definition) is 2. The van der Waals surface area contributed by atoms with E-state index in [0.29, 0.717) is 26.9 Å². The normalized spacial score (nSPS) is 11.1. The molecule has 2 aromatic heterocycles. The minimum absolute atomic E-state index is 0.0244. The maximum absolute atomic E-state index is 12.9. The van der Waals surface area contributed by atoms with Crippen molar-refractivity contribution in [2.24, 2.45) is 5.10 Å². The van der Waals surface area contributed by atoms with Gasteiger partial charge in [-0.15, -0.1) is 5.10 Å². The number of hydrogen-bond acceptors (Lipinski definition) is 9. The third-order valence-electron chi connectivity index (χ3n) is 4.25. The van der Waals surface area contributed by atoms with Crippen molar-refractivity contribution in [3.05, 3.63) is 63.8 Å². The van der Waals surface area contributed by atoms with E-state index < -0.39 is 5.91 Å². The highest BCUT2D eigenvalue weighted by molar-refractivity contribution is 6.42. The zero-order chi connectivity index (χ0) is 22.7. The maximum Gasteiger partial charge on any atom is 0.294 e. The van der Waals surface area contributed by atoms with E-state index in [4.69, 9.17) is 33.7 Å². The lowest BCUT2D eigenvalue weighted by molar-refractivity contribution is 0.0950. The van der Waals surface area contributed by atoms with Crippen LogP contribution in [0.1, 0.15) is 16.1 Å². The SMILES string of the molecule is COc1cccc(-c2c(C(=O)N/N=C\c3ccc(Cl)c(Cl)c3)nnn2-c2nonc2N)c1. The topological polar surface area (TPSA) is 146 Å². The molecular formula is C19H14Cl2N8O3. The predicted molar refractivity (Wildman–Crippen MR) is 117 cm³/mol. The summed E-state index contributed by atoms with van der Waals surface area (Å²) in [4.78, 5) is 12.9. The fourth-order valence-corrected chi connectivity index (χ4v) is 3.07. The van der Waals surface area contributed by atoms with Crippen LogP contribution >= 0.6 is 23.2 Å². The van der Waals surface area contributed by atoms with Crippen molar-refractivity contribution >= 4 is 41.1 Å². The summed E-state index contributed by atoms with van der Waals surface area (Å²) in [7, 11) is 1.53. The first-order chi connectivity index (χ1) is 15.5. The minimum atomic E-state index is -0.625. The van der Waals surface area contributed by atoms with Gasteiger partial charge in [-0.3, -0.25) is 4.79 Å². The number of amides is 1. The summed E-state index contributed by atoms with van der Waals surface area (Å²) in [6.45, 7) is 0. The van der Waals surface area contributed by atoms with Crippen LogP contribution in [-0.2, 0) is 0 Å². The second-order valence-electron chi connectivity index (χ2n) is 6.28. The van der Waals surface area contributed by atoms with E-state index in [0.717, 1.165) is 0 Å². The molecule has 0 unspecified atom stereocenters. The van der Waals surface area contributed by atoms with Crippen molar-refractivity contribution in [3.8, 4) is 22.8 Å². The Labute approximate surface area is 190 Å². The van der Waals surface area contributed by atoms with Gasteiger partial charge in [0, 0.05) is 5.56 Å². The van der Waals surface area contributed by atoms with Gasteiger partial charge in [-0.05, 0) is 40.1 Å². The van der Waals surface area contributed by atoms with Crippen LogP contribution in [0, 0.1) is 0 Å². The van der Waals surface area contributed by atoms with Gasteiger partial charge in [-0.2, -0.15) is 9.78 Å². The molecule has 2 aromatic carbocycles. The van der Waals surface area contributed by atoms with Crippen LogP contribution in [-0.4, -0.2) is 44.5 Å². The van der Waals surface area contributed by atoms with Gasteiger partial charge < -0.3 is 10.5 Å². The smallest absolute Gasteiger partial charge is 0.294 e. The Hall–Kier alpha value is -3.96. The first-order valence-electron chi connectivity index (χ1n) is 8.95. The number of halogens is 2. The van der Waals surface area contributed by atoms with Crippen molar-refractivity contribution in [2.45, 2.75) is 0 Å². The fourth-order valence-electron chi connectivity index (χ4n) is 2.76. The molecule has 0 bridgehead atoms. The van der Waals surface area contributed by atoms with Gasteiger partial charge in [0.15, 0.2) is 5.69 Å². The summed E-state index contributed by atoms with van der Waals surface area (Å²) in [5.41, 5.74) is 9.67. The molecule has 3 N–H and O–H groups in total. The first kappa shape index (κ1) is 21.3. The largest absolute Gasteiger partial charge is 0.497 e. The molecule has 11 nitrogen and oxygen atoms in total. The summed E-state index contributed by atoms with van der Waals surface area (Å²) in [6, 6.07) is 11.9. The third kappa shape index (κ3) is 4.24. The number of nitrogens with zero attached hydrogens (tertiary/aromatic N) is 6. The molecule has 0 fully saturated rings. The lowest BCUT2D eigenvalue weighted by Crippen LogP contribution is -2.19. The number of aromatic nitrogens is 5. The predicted octanol–water partition coefficient (Wildman–Crippen LogP) is 2.98. The average molecular weight is 473 g/mol. The lowest BCUT2D eigenvalue weighted by Gasteiger charge is -2.07. The molecule has 0 radical (unpaired) electrons. The van der Waals surface area contributed by atoms with Gasteiger partial charge in [0.2, 0.25) is 11.6 Å². The second-order valence-corrected chi connectivity index (χ2v) is 7.09. The number of ether oxygens (including phenoxy) is 1. The van der Waals surface area contributed by atoms with Gasteiger partial charge in [0.1, 0.15) is 11.4 Å². The monoisotopic (exact) mass is 472 g/mol. The van der Waals surface area contributed by atoms with Crippen molar-refractivity contribution in [3.63, 3.8) is 0 Å². The van der Waals surface area contributed by atoms with E-state index in [1.54, 1.807) is 42.5 Å². The molecule has 4 aromatic rings. The third-order valence-corrected chi connectivity index (χ3v) is 4.99. The molecule has 0 saturated heterocycles. The van der Waals surface area contributed by atoms with Crippen LogP contribution in [0.4, 0.5) is 5.82 Å². The van der Waals surface area contributed by atoms with E-state index in [1.165, 1.54) is 18.0 Å². The molecule has 4 rings (SSSR count). The summed E-state index contributed by atoms with van der Waals surface area (Å²) in [6.07, 6.45) is 1.41. The highest BCUT2D eigenvalue weighted by Gasteiger charge is 2.25. The van der Waals surface area contributed by atoms with E-state index in [2.05, 4.69) is 35.8 Å². The molecule has 0 atom stereocenters. The zero-order valence-corrected chi connectivity index (χ0v) is 17.9. The number of carbonyl (C=O) groups excluding carboxylic acids is 1. The standard InChI is InChI=1S/C19H14Cl2N8O3/c1-31-12-4-2-3-11(8-12)16-15(24-28-29(16)18-17(22)26-32-27-18)19(30)25-23-9-10-5-6-13(20)14(21)7-10/h2-9H,1H3,(H2,22,26)(H,25,30)/b23-9-. The van der Waals surface area contributed by atoms with Crippen molar-refractivity contribution in [1.82, 2.24) is 30.7 Å². The van der Waals surface area contributed by atoms with Gasteiger partial charge in [0.25, 0.3) is 5.91 Å². The summed E-state index contributed by atoms with van der Waals surface area (Å²) >= 11 is 11.9. The number of carbonyl (C=O) groups is 1. The van der Waals surface area contributed by atoms with Crippen LogP contribution in [0.15, 0.2) is 52.2 Å². The highest BCUT2D eigenvalue weighted by Crippen LogP contribution is 2.29. The van der Waals surface area contributed by atoms with E-state index in [-0.39, 0.29) is 23.0 Å². The first-order valence-corrected chi connectivity index (χ1v) is 9.70. The van der Waals surface area contributed by atoms with Crippen LogP contribution in [0.5, 0.6) is 5.75 Å². The quantitative estimate of drug-likeness (QED) is 0.321. The minimum Gasteiger partial charge on any atom is -0.497 e. The Morgan fingerprint density at radius 3 is 2.78 bits per heavy atom. The Morgan fingerprint density at radius 1 is 1.22 bits per heavy atom. The van der Waals surface area contributed by atoms with Crippen LogP contribution < -0.4 is 15.9 Å². The van der Waals surface area contributed by atoms with E-state index in [9.17, 15) is 4.79 Å². The Balaban J connectivity index is 1.69. The molecule has 2 heterocycles. The van der Waals surface area contributed by atoms with Crippen molar-refractivity contribution in [1.29, 1.82) is 0 Å². The van der Waals surface area contributed by atoms with Gasteiger partial charge in [0.05, 0.1) is 23.4 Å². The number of rotatable bonds is 6. The maximum atomic E-state index is 12.9. The Morgan fingerprint density at radius 2 is 2.06 bits per heavy atom. The highest BCUT2D eigenvalue weighted by atomic mass is 35.5. The van der Waals surface area contributed by atoms with Crippen molar-refractivity contribution < 1.29 is 14.2 Å².